The van der Waals surface area contributed by atoms with Crippen LogP contribution in [-0.2, 0) is 10.0 Å². The highest BCUT2D eigenvalue weighted by molar-refractivity contribution is 7.89. The van der Waals surface area contributed by atoms with Crippen LogP contribution in [0.3, 0.4) is 0 Å². The zero-order chi connectivity index (χ0) is 15.6. The van der Waals surface area contributed by atoms with Crippen LogP contribution in [-0.4, -0.2) is 8.42 Å². The normalized spacial score (nSPS) is 13.1. The average molecular weight is 308 g/mol. The van der Waals surface area contributed by atoms with Crippen molar-refractivity contribution in [1.82, 2.24) is 4.72 Å². The third-order valence-corrected chi connectivity index (χ3v) is 5.00. The van der Waals surface area contributed by atoms with Crippen molar-refractivity contribution in [2.45, 2.75) is 24.8 Å². The minimum atomic E-state index is -3.69. The van der Waals surface area contributed by atoms with Crippen molar-refractivity contribution in [3.63, 3.8) is 0 Å². The Balaban J connectivity index is 2.29. The number of nitrogen functional groups attached to an aromatic ring is 1. The molecule has 1 atom stereocenters. The molecule has 6 heteroatoms. The monoisotopic (exact) mass is 308 g/mol. The molecule has 0 radical (unpaired) electrons. The van der Waals surface area contributed by atoms with E-state index in [1.165, 1.54) is 18.2 Å². The van der Waals surface area contributed by atoms with Gasteiger partial charge in [-0.25, -0.2) is 17.5 Å². The Labute approximate surface area is 123 Å². The van der Waals surface area contributed by atoms with Crippen molar-refractivity contribution >= 4 is 15.7 Å². The maximum Gasteiger partial charge on any atom is 0.241 e. The van der Waals surface area contributed by atoms with Crippen LogP contribution in [0.15, 0.2) is 47.4 Å². The summed E-state index contributed by atoms with van der Waals surface area (Å²) in [6.45, 7) is 3.36. The Morgan fingerprint density at radius 2 is 1.76 bits per heavy atom. The van der Waals surface area contributed by atoms with E-state index in [9.17, 15) is 12.8 Å². The van der Waals surface area contributed by atoms with Crippen molar-refractivity contribution in [3.05, 3.63) is 59.4 Å². The van der Waals surface area contributed by atoms with E-state index in [1.54, 1.807) is 38.1 Å². The SMILES string of the molecule is Cc1c(N)cccc1S(=O)(=O)NC(C)c1ccc(F)cc1. The Bertz CT molecular complexity index is 743. The van der Waals surface area contributed by atoms with Gasteiger partial charge in [-0.2, -0.15) is 0 Å². The van der Waals surface area contributed by atoms with Crippen LogP contribution >= 0.6 is 0 Å². The molecule has 2 rings (SSSR count). The minimum absolute atomic E-state index is 0.150. The number of sulfonamides is 1. The number of hydrogen-bond acceptors (Lipinski definition) is 3. The van der Waals surface area contributed by atoms with Crippen LogP contribution in [0.5, 0.6) is 0 Å². The first-order chi connectivity index (χ1) is 9.81. The van der Waals surface area contributed by atoms with E-state index in [1.807, 2.05) is 0 Å². The average Bonchev–Trinajstić information content (AvgIpc) is 2.41. The summed E-state index contributed by atoms with van der Waals surface area (Å²) in [5, 5.41) is 0. The van der Waals surface area contributed by atoms with E-state index < -0.39 is 16.1 Å². The molecule has 0 saturated heterocycles. The number of benzene rings is 2. The zero-order valence-corrected chi connectivity index (χ0v) is 12.6. The summed E-state index contributed by atoms with van der Waals surface area (Å²) in [6, 6.07) is 9.97. The molecule has 0 fully saturated rings. The van der Waals surface area contributed by atoms with E-state index in [-0.39, 0.29) is 10.7 Å². The second-order valence-corrected chi connectivity index (χ2v) is 6.55. The number of halogens is 1. The number of rotatable bonds is 4. The Hall–Kier alpha value is -1.92. The first kappa shape index (κ1) is 15.5. The lowest BCUT2D eigenvalue weighted by Gasteiger charge is -2.16. The molecule has 1 unspecified atom stereocenters. The summed E-state index contributed by atoms with van der Waals surface area (Å²) in [4.78, 5) is 0.150. The molecular formula is C15H17FN2O2S. The smallest absolute Gasteiger partial charge is 0.241 e. The van der Waals surface area contributed by atoms with Gasteiger partial charge in [0.15, 0.2) is 0 Å². The molecule has 0 aliphatic rings. The quantitative estimate of drug-likeness (QED) is 0.853. The molecular weight excluding hydrogens is 291 g/mol. The van der Waals surface area contributed by atoms with Crippen LogP contribution in [0.4, 0.5) is 10.1 Å². The summed E-state index contributed by atoms with van der Waals surface area (Å²) in [5.41, 5.74) is 7.36. The lowest BCUT2D eigenvalue weighted by molar-refractivity contribution is 0.566. The maximum absolute atomic E-state index is 12.9. The number of hydrogen-bond donors (Lipinski definition) is 2. The predicted octanol–water partition coefficient (Wildman–Crippen LogP) is 2.76. The summed E-state index contributed by atoms with van der Waals surface area (Å²) in [7, 11) is -3.69. The number of nitrogens with two attached hydrogens (primary N) is 1. The Morgan fingerprint density at radius 1 is 1.14 bits per heavy atom. The van der Waals surface area contributed by atoms with E-state index in [4.69, 9.17) is 5.73 Å². The van der Waals surface area contributed by atoms with Crippen LogP contribution < -0.4 is 10.5 Å². The van der Waals surface area contributed by atoms with Gasteiger partial charge in [0.2, 0.25) is 10.0 Å². The molecule has 0 amide bonds. The second-order valence-electron chi connectivity index (χ2n) is 4.86. The molecule has 112 valence electrons. The Kier molecular flexibility index (Phi) is 4.29. The first-order valence-corrected chi connectivity index (χ1v) is 7.92. The molecule has 0 aliphatic heterocycles. The van der Waals surface area contributed by atoms with E-state index in [0.29, 0.717) is 16.8 Å². The molecule has 2 aromatic rings. The van der Waals surface area contributed by atoms with E-state index in [0.717, 1.165) is 0 Å². The lowest BCUT2D eigenvalue weighted by Crippen LogP contribution is -2.27. The van der Waals surface area contributed by atoms with Crippen molar-refractivity contribution in [1.29, 1.82) is 0 Å². The van der Waals surface area contributed by atoms with Crippen molar-refractivity contribution in [3.8, 4) is 0 Å². The zero-order valence-electron chi connectivity index (χ0n) is 11.8. The first-order valence-electron chi connectivity index (χ1n) is 6.44. The molecule has 0 spiro atoms. The summed E-state index contributed by atoms with van der Waals surface area (Å²) >= 11 is 0. The largest absolute Gasteiger partial charge is 0.398 e. The molecule has 2 aromatic carbocycles. The van der Waals surface area contributed by atoms with Gasteiger partial charge in [0.1, 0.15) is 5.82 Å². The van der Waals surface area contributed by atoms with Crippen LogP contribution in [0.2, 0.25) is 0 Å². The fourth-order valence-corrected chi connectivity index (χ4v) is 3.55. The van der Waals surface area contributed by atoms with Gasteiger partial charge >= 0.3 is 0 Å². The molecule has 0 saturated carbocycles. The minimum Gasteiger partial charge on any atom is -0.398 e. The number of nitrogens with one attached hydrogen (secondary N) is 1. The third-order valence-electron chi connectivity index (χ3n) is 3.32. The fourth-order valence-electron chi connectivity index (χ4n) is 2.04. The van der Waals surface area contributed by atoms with Gasteiger partial charge in [-0.3, -0.25) is 0 Å². The molecule has 0 aromatic heterocycles. The van der Waals surface area contributed by atoms with Crippen molar-refractivity contribution in [2.75, 3.05) is 5.73 Å². The van der Waals surface area contributed by atoms with Gasteiger partial charge in [-0.1, -0.05) is 18.2 Å². The highest BCUT2D eigenvalue weighted by Gasteiger charge is 2.21. The Morgan fingerprint density at radius 3 is 2.38 bits per heavy atom. The van der Waals surface area contributed by atoms with Gasteiger partial charge < -0.3 is 5.73 Å². The van der Waals surface area contributed by atoms with Crippen molar-refractivity contribution < 1.29 is 12.8 Å². The third kappa shape index (κ3) is 3.40. The molecule has 3 N–H and O–H groups in total. The van der Waals surface area contributed by atoms with Gasteiger partial charge in [0.05, 0.1) is 4.90 Å². The summed E-state index contributed by atoms with van der Waals surface area (Å²) < 4.78 is 40.3. The van der Waals surface area contributed by atoms with Gasteiger partial charge in [0.25, 0.3) is 0 Å². The standard InChI is InChI=1S/C15H17FN2O2S/c1-10-14(17)4-3-5-15(10)21(19,20)18-11(2)12-6-8-13(16)9-7-12/h3-9,11,18H,17H2,1-2H3. The fraction of sp³-hybridized carbons (Fsp3) is 0.200. The van der Waals surface area contributed by atoms with Crippen LogP contribution in [0, 0.1) is 12.7 Å². The van der Waals surface area contributed by atoms with Crippen molar-refractivity contribution in [2.24, 2.45) is 0 Å². The molecule has 0 aliphatic carbocycles. The van der Waals surface area contributed by atoms with Gasteiger partial charge in [0, 0.05) is 11.7 Å². The molecule has 4 nitrogen and oxygen atoms in total. The molecule has 0 bridgehead atoms. The van der Waals surface area contributed by atoms with E-state index >= 15 is 0 Å². The van der Waals surface area contributed by atoms with Crippen LogP contribution in [0.1, 0.15) is 24.1 Å². The highest BCUT2D eigenvalue weighted by Crippen LogP contribution is 2.23. The molecule has 0 heterocycles. The van der Waals surface area contributed by atoms with Crippen LogP contribution in [0.25, 0.3) is 0 Å². The van der Waals surface area contributed by atoms with E-state index in [2.05, 4.69) is 4.72 Å². The molecule has 21 heavy (non-hydrogen) atoms. The topological polar surface area (TPSA) is 72.2 Å². The maximum atomic E-state index is 12.9. The lowest BCUT2D eigenvalue weighted by atomic mass is 10.1. The number of anilines is 1. The summed E-state index contributed by atoms with van der Waals surface area (Å²) in [5.74, 6) is -0.361. The van der Waals surface area contributed by atoms with Gasteiger partial charge in [-0.05, 0) is 49.2 Å². The van der Waals surface area contributed by atoms with Gasteiger partial charge in [-0.15, -0.1) is 0 Å². The highest BCUT2D eigenvalue weighted by atomic mass is 32.2. The second kappa shape index (κ2) is 5.83. The predicted molar refractivity (Wildman–Crippen MR) is 80.7 cm³/mol. The summed E-state index contributed by atoms with van der Waals surface area (Å²) in [6.07, 6.45) is 0.